The number of hydrogen-bond acceptors (Lipinski definition) is 3. The fourth-order valence-corrected chi connectivity index (χ4v) is 6.10. The minimum Gasteiger partial charge on any atom is -0.392 e. The van der Waals surface area contributed by atoms with Crippen molar-refractivity contribution in [3.05, 3.63) is 11.6 Å². The Morgan fingerprint density at radius 2 is 1.87 bits per heavy atom. The predicted molar refractivity (Wildman–Crippen MR) is 91.7 cm³/mol. The summed E-state index contributed by atoms with van der Waals surface area (Å²) in [6.07, 6.45) is 5.79. The summed E-state index contributed by atoms with van der Waals surface area (Å²) in [6, 6.07) is 0. The molecule has 0 saturated heterocycles. The van der Waals surface area contributed by atoms with Gasteiger partial charge in [0.15, 0.2) is 0 Å². The standard InChI is InChI=1S/C20H34O3/c1-11(2)15-7-5-12(3)16-8-6-13(4)20(23)17(15)9-14(10-21)19(22)18(16)20/h9,11-13,15-19,21-23H,5-8,10H2,1-4H3/t12-,13-,15-,16+,17?,18+,19-,20+/m1/s1. The van der Waals surface area contributed by atoms with Gasteiger partial charge in [0.25, 0.3) is 0 Å². The second kappa shape index (κ2) is 6.16. The van der Waals surface area contributed by atoms with Crippen LogP contribution in [0.4, 0.5) is 0 Å². The molecule has 0 spiro atoms. The first-order valence-corrected chi connectivity index (χ1v) is 9.54. The van der Waals surface area contributed by atoms with Crippen molar-refractivity contribution >= 4 is 0 Å². The first kappa shape index (κ1) is 17.4. The molecule has 0 aromatic carbocycles. The maximum atomic E-state index is 11.9. The van der Waals surface area contributed by atoms with Crippen LogP contribution in [0.5, 0.6) is 0 Å². The molecule has 3 rings (SSSR count). The zero-order chi connectivity index (χ0) is 16.9. The van der Waals surface area contributed by atoms with Gasteiger partial charge in [0.2, 0.25) is 0 Å². The van der Waals surface area contributed by atoms with Crippen molar-refractivity contribution in [3.8, 4) is 0 Å². The van der Waals surface area contributed by atoms with Crippen molar-refractivity contribution in [2.75, 3.05) is 6.61 Å². The summed E-state index contributed by atoms with van der Waals surface area (Å²) in [5.74, 6) is 1.93. The van der Waals surface area contributed by atoms with Crippen LogP contribution in [0.2, 0.25) is 0 Å². The van der Waals surface area contributed by atoms with E-state index in [0.29, 0.717) is 23.7 Å². The van der Waals surface area contributed by atoms with Gasteiger partial charge < -0.3 is 15.3 Å². The van der Waals surface area contributed by atoms with Gasteiger partial charge in [-0.3, -0.25) is 0 Å². The Labute approximate surface area is 140 Å². The molecule has 3 aliphatic carbocycles. The van der Waals surface area contributed by atoms with Gasteiger partial charge in [0.1, 0.15) is 0 Å². The van der Waals surface area contributed by atoms with Crippen LogP contribution in [-0.4, -0.2) is 33.6 Å². The third-order valence-electron chi connectivity index (χ3n) is 7.55. The normalized spacial score (nSPS) is 50.3. The summed E-state index contributed by atoms with van der Waals surface area (Å²) in [7, 11) is 0. The Bertz CT molecular complexity index is 472. The lowest BCUT2D eigenvalue weighted by molar-refractivity contribution is -0.203. The third kappa shape index (κ3) is 2.51. The molecule has 4 bridgehead atoms. The smallest absolute Gasteiger partial charge is 0.0831 e. The Hall–Kier alpha value is -0.380. The SMILES string of the molecule is CC(C)[C@H]1CC[C@@H](C)[C@@H]2CC[C@@H](C)[C@]3(O)C1C=C(CO)[C@@H](O)[C@H]23. The average molecular weight is 322 g/mol. The van der Waals surface area contributed by atoms with Gasteiger partial charge in [-0.2, -0.15) is 0 Å². The van der Waals surface area contributed by atoms with E-state index in [-0.39, 0.29) is 24.4 Å². The van der Waals surface area contributed by atoms with E-state index in [1.807, 2.05) is 6.08 Å². The molecule has 3 aliphatic rings. The van der Waals surface area contributed by atoms with E-state index in [0.717, 1.165) is 24.8 Å². The van der Waals surface area contributed by atoms with Gasteiger partial charge in [0.05, 0.1) is 18.3 Å². The molecular weight excluding hydrogens is 288 g/mol. The zero-order valence-corrected chi connectivity index (χ0v) is 15.1. The van der Waals surface area contributed by atoms with Crippen LogP contribution >= 0.6 is 0 Å². The fraction of sp³-hybridized carbons (Fsp3) is 0.900. The molecular formula is C20H34O3. The molecule has 3 heteroatoms. The molecule has 0 aromatic heterocycles. The highest BCUT2D eigenvalue weighted by Gasteiger charge is 2.60. The van der Waals surface area contributed by atoms with Crippen molar-refractivity contribution < 1.29 is 15.3 Å². The number of rotatable bonds is 2. The van der Waals surface area contributed by atoms with E-state index < -0.39 is 11.7 Å². The maximum absolute atomic E-state index is 11.9. The summed E-state index contributed by atoms with van der Waals surface area (Å²) >= 11 is 0. The molecule has 132 valence electrons. The largest absolute Gasteiger partial charge is 0.392 e. The van der Waals surface area contributed by atoms with Gasteiger partial charge in [-0.05, 0) is 54.4 Å². The summed E-state index contributed by atoms with van der Waals surface area (Å²) in [5.41, 5.74) is -0.0894. The molecule has 8 atom stereocenters. The van der Waals surface area contributed by atoms with Gasteiger partial charge in [-0.25, -0.2) is 0 Å². The summed E-state index contributed by atoms with van der Waals surface area (Å²) in [6.45, 7) is 8.85. The van der Waals surface area contributed by atoms with Crippen LogP contribution in [0.15, 0.2) is 11.6 Å². The lowest BCUT2D eigenvalue weighted by atomic mass is 9.48. The highest BCUT2D eigenvalue weighted by atomic mass is 16.3. The highest BCUT2D eigenvalue weighted by molar-refractivity contribution is 5.26. The molecule has 0 aliphatic heterocycles. The van der Waals surface area contributed by atoms with E-state index in [4.69, 9.17) is 0 Å². The molecule has 3 N–H and O–H groups in total. The van der Waals surface area contributed by atoms with Crippen LogP contribution in [0, 0.1) is 41.4 Å². The van der Waals surface area contributed by atoms with Crippen LogP contribution in [0.25, 0.3) is 0 Å². The monoisotopic (exact) mass is 322 g/mol. The van der Waals surface area contributed by atoms with Gasteiger partial charge in [-0.1, -0.05) is 40.2 Å². The average Bonchev–Trinajstić information content (AvgIpc) is 2.50. The first-order chi connectivity index (χ1) is 10.8. The van der Waals surface area contributed by atoms with E-state index in [1.54, 1.807) is 0 Å². The minimum absolute atomic E-state index is 0.0587. The number of aliphatic hydroxyl groups is 3. The van der Waals surface area contributed by atoms with Crippen LogP contribution < -0.4 is 0 Å². The second-order valence-electron chi connectivity index (χ2n) is 8.89. The summed E-state index contributed by atoms with van der Waals surface area (Å²) < 4.78 is 0. The lowest BCUT2D eigenvalue weighted by Crippen LogP contribution is -2.65. The Balaban J connectivity index is 2.17. The van der Waals surface area contributed by atoms with Gasteiger partial charge >= 0.3 is 0 Å². The van der Waals surface area contributed by atoms with Crippen molar-refractivity contribution in [2.24, 2.45) is 41.4 Å². The maximum Gasteiger partial charge on any atom is 0.0831 e. The Morgan fingerprint density at radius 1 is 1.17 bits per heavy atom. The van der Waals surface area contributed by atoms with Crippen LogP contribution in [-0.2, 0) is 0 Å². The summed E-state index contributed by atoms with van der Waals surface area (Å²) in [5, 5.41) is 32.6. The van der Waals surface area contributed by atoms with E-state index in [1.165, 1.54) is 6.42 Å². The Kier molecular flexibility index (Phi) is 4.67. The zero-order valence-electron chi connectivity index (χ0n) is 15.1. The van der Waals surface area contributed by atoms with Crippen molar-refractivity contribution in [1.82, 2.24) is 0 Å². The molecule has 0 amide bonds. The quantitative estimate of drug-likeness (QED) is 0.685. The van der Waals surface area contributed by atoms with Crippen molar-refractivity contribution in [3.63, 3.8) is 0 Å². The second-order valence-corrected chi connectivity index (χ2v) is 8.89. The minimum atomic E-state index is -0.829. The topological polar surface area (TPSA) is 60.7 Å². The molecule has 2 fully saturated rings. The molecule has 0 heterocycles. The molecule has 1 unspecified atom stereocenters. The molecule has 3 nitrogen and oxygen atoms in total. The molecule has 0 radical (unpaired) electrons. The van der Waals surface area contributed by atoms with E-state index in [9.17, 15) is 15.3 Å². The number of hydrogen-bond donors (Lipinski definition) is 3. The predicted octanol–water partition coefficient (Wildman–Crippen LogP) is 2.99. The van der Waals surface area contributed by atoms with Crippen molar-refractivity contribution in [2.45, 2.75) is 65.1 Å². The van der Waals surface area contributed by atoms with Gasteiger partial charge in [0, 0.05) is 11.8 Å². The molecule has 2 saturated carbocycles. The third-order valence-corrected chi connectivity index (χ3v) is 7.55. The molecule has 0 aromatic rings. The van der Waals surface area contributed by atoms with E-state index >= 15 is 0 Å². The summed E-state index contributed by atoms with van der Waals surface area (Å²) in [4.78, 5) is 0. The van der Waals surface area contributed by atoms with E-state index in [2.05, 4.69) is 27.7 Å². The van der Waals surface area contributed by atoms with Gasteiger partial charge in [-0.15, -0.1) is 0 Å². The lowest BCUT2D eigenvalue weighted by Gasteiger charge is -2.60. The van der Waals surface area contributed by atoms with Crippen molar-refractivity contribution in [1.29, 1.82) is 0 Å². The number of aliphatic hydroxyl groups excluding tert-OH is 2. The van der Waals surface area contributed by atoms with Crippen LogP contribution in [0.3, 0.4) is 0 Å². The van der Waals surface area contributed by atoms with Crippen LogP contribution in [0.1, 0.15) is 53.4 Å². The fourth-order valence-electron chi connectivity index (χ4n) is 6.10. The first-order valence-electron chi connectivity index (χ1n) is 9.54. The highest BCUT2D eigenvalue weighted by Crippen LogP contribution is 2.58. The molecule has 23 heavy (non-hydrogen) atoms. The Morgan fingerprint density at radius 3 is 2.48 bits per heavy atom.